The number of benzene rings is 4. The topological polar surface area (TPSA) is 179 Å². The first kappa shape index (κ1) is 39.0. The van der Waals surface area contributed by atoms with E-state index in [2.05, 4.69) is 52.0 Å². The van der Waals surface area contributed by atoms with Gasteiger partial charge in [0, 0.05) is 29.1 Å². The lowest BCUT2D eigenvalue weighted by molar-refractivity contribution is -0.193. The Morgan fingerprint density at radius 3 is 1.71 bits per heavy atom. The molecule has 12 heteroatoms. The van der Waals surface area contributed by atoms with Crippen LogP contribution in [0, 0.1) is 27.7 Å². The lowest BCUT2D eigenvalue weighted by atomic mass is 10.1. The summed E-state index contributed by atoms with van der Waals surface area (Å²) in [5, 5.41) is 33.4. The Morgan fingerprint density at radius 2 is 1.22 bits per heavy atom. The second-order valence-corrected chi connectivity index (χ2v) is 11.2. The molecule has 0 atom stereocenters. The van der Waals surface area contributed by atoms with E-state index < -0.39 is 0 Å². The molecule has 0 bridgehead atoms. The van der Waals surface area contributed by atoms with Gasteiger partial charge in [0.05, 0.1) is 10.7 Å². The number of nitrogens with one attached hydrogen (secondary N) is 3. The maximum atomic E-state index is 12.3. The van der Waals surface area contributed by atoms with Crippen LogP contribution in [0.4, 0.5) is 17.2 Å². The van der Waals surface area contributed by atoms with Gasteiger partial charge >= 0.3 is 12.3 Å². The minimum absolute atomic E-state index is 0.0340. The standard InChI is InChI=1S/C18H19NO2S.C17H17N3O.2CO2/c1-12-4-6-14(7-5-12)17(21)11-18(22-3)19-16-9-8-15(20)10-13(16)2;1-11-3-5-13(6-4-11)16-10-17(20-19-16)18-15-8-7-14(21)9-12(15)2;2*2-1-3/h4-11,19-20H,1-3H3;3-10,21H,1-2H3,(H2,18,19,20);;/b18-11-;;;. The number of rotatable bonds is 8. The van der Waals surface area contributed by atoms with Crippen LogP contribution in [0.5, 0.6) is 11.5 Å². The van der Waals surface area contributed by atoms with Gasteiger partial charge in [-0.1, -0.05) is 59.7 Å². The van der Waals surface area contributed by atoms with E-state index in [4.69, 9.17) is 19.2 Å². The molecule has 0 radical (unpaired) electrons. The summed E-state index contributed by atoms with van der Waals surface area (Å²) in [6.07, 6.45) is 4.01. The molecule has 5 rings (SSSR count). The van der Waals surface area contributed by atoms with Gasteiger partial charge in [0.15, 0.2) is 11.6 Å². The highest BCUT2D eigenvalue weighted by Crippen LogP contribution is 2.27. The first-order chi connectivity index (χ1) is 23.4. The Bertz CT molecular complexity index is 1910. The molecule has 0 fully saturated rings. The Balaban J connectivity index is 0.000000293. The van der Waals surface area contributed by atoms with Crippen LogP contribution >= 0.6 is 11.8 Å². The molecule has 0 spiro atoms. The first-order valence-electron chi connectivity index (χ1n) is 14.6. The first-order valence-corrected chi connectivity index (χ1v) is 15.8. The van der Waals surface area contributed by atoms with Crippen molar-refractivity contribution in [3.05, 3.63) is 130 Å². The summed E-state index contributed by atoms with van der Waals surface area (Å²) in [4.78, 5) is 44.8. The predicted molar refractivity (Wildman–Crippen MR) is 188 cm³/mol. The van der Waals surface area contributed by atoms with Crippen LogP contribution in [0.1, 0.15) is 32.6 Å². The Morgan fingerprint density at radius 1 is 0.735 bits per heavy atom. The molecule has 0 aliphatic rings. The molecule has 11 nitrogen and oxygen atoms in total. The molecule has 0 saturated heterocycles. The SMILES string of the molecule is CS/C(=C\C(=O)c1ccc(C)cc1)Nc1ccc(O)cc1C.Cc1ccc(-c2cc(Nc3ccc(O)cc3C)n[nH]2)cc1.O=C=O.O=C=O. The third-order valence-corrected chi connectivity index (χ3v) is 7.36. The van der Waals surface area contributed by atoms with E-state index in [1.165, 1.54) is 17.3 Å². The number of hydrogen-bond acceptors (Lipinski definition) is 11. The van der Waals surface area contributed by atoms with E-state index in [1.807, 2.05) is 63.4 Å². The Labute approximate surface area is 288 Å². The fraction of sp³-hybridized carbons (Fsp3) is 0.135. The zero-order chi connectivity index (χ0) is 36.3. The molecule has 0 amide bonds. The van der Waals surface area contributed by atoms with Crippen molar-refractivity contribution in [2.24, 2.45) is 0 Å². The van der Waals surface area contributed by atoms with Crippen molar-refractivity contribution in [3.8, 4) is 22.8 Å². The zero-order valence-electron chi connectivity index (χ0n) is 27.5. The fourth-order valence-corrected chi connectivity index (χ4v) is 4.62. The molecule has 0 aliphatic heterocycles. The lowest BCUT2D eigenvalue weighted by Crippen LogP contribution is -2.02. The maximum Gasteiger partial charge on any atom is 0.373 e. The molecule has 1 aromatic heterocycles. The number of phenolic OH excluding ortho intramolecular Hbond substituents is 2. The average molecular weight is 681 g/mol. The predicted octanol–water partition coefficient (Wildman–Crippen LogP) is 7.48. The van der Waals surface area contributed by atoms with E-state index in [1.54, 1.807) is 36.4 Å². The molecule has 0 aliphatic carbocycles. The lowest BCUT2D eigenvalue weighted by Gasteiger charge is -2.11. The minimum Gasteiger partial charge on any atom is -0.508 e. The summed E-state index contributed by atoms with van der Waals surface area (Å²) >= 11 is 1.47. The number of carbonyl (C=O) groups excluding carboxylic acids is 5. The summed E-state index contributed by atoms with van der Waals surface area (Å²) in [5.74, 6) is 1.21. The van der Waals surface area contributed by atoms with Gasteiger partial charge in [-0.3, -0.25) is 9.89 Å². The van der Waals surface area contributed by atoms with Crippen LogP contribution < -0.4 is 10.6 Å². The molecule has 5 aromatic rings. The second-order valence-electron chi connectivity index (χ2n) is 10.4. The van der Waals surface area contributed by atoms with Gasteiger partial charge in [-0.05, 0) is 87.0 Å². The van der Waals surface area contributed by atoms with Gasteiger partial charge in [0.25, 0.3) is 0 Å². The summed E-state index contributed by atoms with van der Waals surface area (Å²) in [5.41, 5.74) is 8.78. The highest BCUT2D eigenvalue weighted by atomic mass is 32.2. The normalized spacial score (nSPS) is 9.94. The molecule has 252 valence electrons. The minimum atomic E-state index is -0.0340. The molecule has 5 N–H and O–H groups in total. The molecular weight excluding hydrogens is 644 g/mol. The molecule has 49 heavy (non-hydrogen) atoms. The number of aromatic hydroxyl groups is 2. The molecule has 0 unspecified atom stereocenters. The van der Waals surface area contributed by atoms with Gasteiger partial charge in [-0.25, -0.2) is 0 Å². The number of allylic oxidation sites excluding steroid dienone is 1. The van der Waals surface area contributed by atoms with Crippen LogP contribution in [0.15, 0.2) is 102 Å². The van der Waals surface area contributed by atoms with Gasteiger partial charge in [-0.15, -0.1) is 11.8 Å². The summed E-state index contributed by atoms with van der Waals surface area (Å²) in [6, 6.07) is 28.1. The Kier molecular flexibility index (Phi) is 16.0. The van der Waals surface area contributed by atoms with Crippen molar-refractivity contribution in [1.82, 2.24) is 10.2 Å². The molecule has 0 saturated carbocycles. The van der Waals surface area contributed by atoms with Crippen LogP contribution in [0.25, 0.3) is 11.3 Å². The number of anilines is 3. The van der Waals surface area contributed by atoms with Crippen molar-refractivity contribution in [3.63, 3.8) is 0 Å². The quantitative estimate of drug-likeness (QED) is 0.0623. The third-order valence-electron chi connectivity index (χ3n) is 6.70. The maximum absolute atomic E-state index is 12.3. The summed E-state index contributed by atoms with van der Waals surface area (Å²) in [7, 11) is 0. The highest BCUT2D eigenvalue weighted by molar-refractivity contribution is 8.02. The largest absolute Gasteiger partial charge is 0.508 e. The number of carbonyl (C=O) groups is 1. The third kappa shape index (κ3) is 13.2. The highest BCUT2D eigenvalue weighted by Gasteiger charge is 2.08. The molecule has 1 heterocycles. The number of thioether (sulfide) groups is 1. The summed E-state index contributed by atoms with van der Waals surface area (Å²) in [6.45, 7) is 7.90. The van der Waals surface area contributed by atoms with Gasteiger partial charge in [0.2, 0.25) is 0 Å². The number of aromatic nitrogens is 2. The van der Waals surface area contributed by atoms with E-state index in [0.717, 1.165) is 50.2 Å². The number of aryl methyl sites for hydroxylation is 4. The van der Waals surface area contributed by atoms with E-state index in [-0.39, 0.29) is 29.6 Å². The van der Waals surface area contributed by atoms with Crippen molar-refractivity contribution in [2.45, 2.75) is 27.7 Å². The number of ketones is 1. The number of nitrogens with zero attached hydrogens (tertiary/aromatic N) is 1. The number of H-pyrrole nitrogens is 1. The average Bonchev–Trinajstić information content (AvgIpc) is 3.53. The van der Waals surface area contributed by atoms with Crippen molar-refractivity contribution >= 4 is 47.0 Å². The summed E-state index contributed by atoms with van der Waals surface area (Å²) < 4.78 is 0. The van der Waals surface area contributed by atoms with Crippen molar-refractivity contribution < 1.29 is 34.2 Å². The monoisotopic (exact) mass is 680 g/mol. The van der Waals surface area contributed by atoms with E-state index in [0.29, 0.717) is 5.56 Å². The second kappa shape index (κ2) is 20.1. The number of phenols is 2. The van der Waals surface area contributed by atoms with Crippen LogP contribution in [-0.2, 0) is 19.2 Å². The zero-order valence-corrected chi connectivity index (χ0v) is 28.3. The number of hydrogen-bond donors (Lipinski definition) is 5. The van der Waals surface area contributed by atoms with Crippen LogP contribution in [-0.4, -0.2) is 44.8 Å². The number of aromatic amines is 1. The Hall–Kier alpha value is -6.19. The van der Waals surface area contributed by atoms with Gasteiger partial charge in [-0.2, -0.15) is 24.3 Å². The van der Waals surface area contributed by atoms with E-state index in [9.17, 15) is 15.0 Å². The smallest absolute Gasteiger partial charge is 0.373 e. The van der Waals surface area contributed by atoms with Gasteiger partial charge < -0.3 is 20.8 Å². The van der Waals surface area contributed by atoms with Gasteiger partial charge in [0.1, 0.15) is 11.5 Å². The van der Waals surface area contributed by atoms with Crippen molar-refractivity contribution in [1.29, 1.82) is 0 Å². The van der Waals surface area contributed by atoms with Crippen molar-refractivity contribution in [2.75, 3.05) is 16.9 Å². The van der Waals surface area contributed by atoms with Crippen LogP contribution in [0.3, 0.4) is 0 Å². The van der Waals surface area contributed by atoms with Crippen LogP contribution in [0.2, 0.25) is 0 Å². The molecular formula is C37H36N4O7S. The molecule has 4 aromatic carbocycles. The van der Waals surface area contributed by atoms with E-state index >= 15 is 0 Å². The fourth-order valence-electron chi connectivity index (χ4n) is 4.18.